The van der Waals surface area contributed by atoms with E-state index < -0.39 is 5.91 Å². The predicted molar refractivity (Wildman–Crippen MR) is 108 cm³/mol. The van der Waals surface area contributed by atoms with E-state index in [2.05, 4.69) is 0 Å². The molecule has 2 N–H and O–H groups in total. The highest BCUT2D eigenvalue weighted by Gasteiger charge is 2.34. The van der Waals surface area contributed by atoms with Crippen LogP contribution in [0.5, 0.6) is 0 Å². The van der Waals surface area contributed by atoms with Crippen molar-refractivity contribution in [2.45, 2.75) is 13.8 Å². The lowest BCUT2D eigenvalue weighted by molar-refractivity contribution is -0.123. The number of primary amides is 1. The van der Waals surface area contributed by atoms with Crippen LogP contribution in [0.25, 0.3) is 11.8 Å². The summed E-state index contributed by atoms with van der Waals surface area (Å²) >= 11 is 0.934. The first-order chi connectivity index (χ1) is 13.3. The Kier molecular flexibility index (Phi) is 5.71. The number of aryl methyl sites for hydroxylation is 1. The summed E-state index contributed by atoms with van der Waals surface area (Å²) in [7, 11) is 1.53. The Morgan fingerprint density at radius 2 is 1.89 bits per heavy atom. The van der Waals surface area contributed by atoms with E-state index in [4.69, 9.17) is 10.5 Å². The van der Waals surface area contributed by atoms with Gasteiger partial charge in [0.15, 0.2) is 0 Å². The number of benzene rings is 1. The summed E-state index contributed by atoms with van der Waals surface area (Å²) in [4.78, 5) is 37.4. The number of thioether (sulfide) groups is 1. The molecule has 28 heavy (non-hydrogen) atoms. The van der Waals surface area contributed by atoms with Crippen molar-refractivity contribution in [1.82, 2.24) is 9.47 Å². The summed E-state index contributed by atoms with van der Waals surface area (Å²) < 4.78 is 6.98. The van der Waals surface area contributed by atoms with Crippen molar-refractivity contribution in [2.75, 3.05) is 20.3 Å². The molecule has 1 aromatic heterocycles. The van der Waals surface area contributed by atoms with E-state index in [1.807, 2.05) is 36.6 Å². The van der Waals surface area contributed by atoms with Gasteiger partial charge in [-0.05, 0) is 67.6 Å². The second-order valence-corrected chi connectivity index (χ2v) is 7.39. The summed E-state index contributed by atoms with van der Waals surface area (Å²) in [6.07, 6.45) is 1.74. The monoisotopic (exact) mass is 399 g/mol. The number of hydrogen-bond donors (Lipinski definition) is 1. The van der Waals surface area contributed by atoms with E-state index in [9.17, 15) is 14.4 Å². The van der Waals surface area contributed by atoms with Gasteiger partial charge in [0, 0.05) is 29.7 Å². The molecule has 0 atom stereocenters. The lowest BCUT2D eigenvalue weighted by Crippen LogP contribution is -2.31. The van der Waals surface area contributed by atoms with Gasteiger partial charge in [-0.1, -0.05) is 0 Å². The van der Waals surface area contributed by atoms with Crippen molar-refractivity contribution < 1.29 is 19.1 Å². The number of aromatic nitrogens is 1. The van der Waals surface area contributed by atoms with Crippen molar-refractivity contribution in [3.05, 3.63) is 57.8 Å². The number of amides is 3. The third-order valence-electron chi connectivity index (χ3n) is 4.56. The Bertz CT molecular complexity index is 976. The molecule has 0 saturated carbocycles. The first-order valence-corrected chi connectivity index (χ1v) is 9.48. The molecule has 1 aromatic carbocycles. The van der Waals surface area contributed by atoms with Crippen LogP contribution in [-0.2, 0) is 9.53 Å². The number of nitrogens with zero attached hydrogens (tertiary/aromatic N) is 2. The molecule has 0 bridgehead atoms. The molecule has 0 aliphatic carbocycles. The number of imide groups is 1. The number of ether oxygens (including phenoxy) is 1. The molecular formula is C20H21N3O4S. The Labute approximate surface area is 167 Å². The van der Waals surface area contributed by atoms with Crippen LogP contribution in [0.4, 0.5) is 4.79 Å². The van der Waals surface area contributed by atoms with Gasteiger partial charge in [-0.15, -0.1) is 0 Å². The molecule has 146 valence electrons. The molecule has 1 fully saturated rings. The Balaban J connectivity index is 1.92. The third kappa shape index (κ3) is 3.74. The molecule has 0 spiro atoms. The van der Waals surface area contributed by atoms with Crippen LogP contribution in [0.1, 0.15) is 27.3 Å². The zero-order chi connectivity index (χ0) is 20.4. The largest absolute Gasteiger partial charge is 0.383 e. The maximum absolute atomic E-state index is 12.5. The standard InChI is InChI=1S/C20H21N3O4S/c1-12-10-15(11-17-19(25)22(8-9-27-3)20(26)28-17)13(2)23(12)16-6-4-14(5-7-16)18(21)24/h4-7,10-11H,8-9H2,1-3H3,(H2,21,24)/b17-11+. The quantitative estimate of drug-likeness (QED) is 0.754. The van der Waals surface area contributed by atoms with Gasteiger partial charge >= 0.3 is 0 Å². The van der Waals surface area contributed by atoms with Crippen molar-refractivity contribution >= 4 is 34.9 Å². The SMILES string of the molecule is COCCN1C(=O)S/C(=C/c2cc(C)n(-c3ccc(C(N)=O)cc3)c2C)C1=O. The summed E-state index contributed by atoms with van der Waals surface area (Å²) in [6, 6.07) is 8.96. The second-order valence-electron chi connectivity index (χ2n) is 6.40. The van der Waals surface area contributed by atoms with Gasteiger partial charge in [-0.2, -0.15) is 0 Å². The van der Waals surface area contributed by atoms with Gasteiger partial charge in [0.05, 0.1) is 18.1 Å². The number of hydrogen-bond acceptors (Lipinski definition) is 5. The molecule has 2 heterocycles. The highest BCUT2D eigenvalue weighted by molar-refractivity contribution is 8.18. The molecule has 0 radical (unpaired) electrons. The zero-order valence-corrected chi connectivity index (χ0v) is 16.7. The minimum Gasteiger partial charge on any atom is -0.383 e. The highest BCUT2D eigenvalue weighted by atomic mass is 32.2. The minimum atomic E-state index is -0.475. The normalized spacial score (nSPS) is 15.7. The lowest BCUT2D eigenvalue weighted by atomic mass is 10.2. The fourth-order valence-corrected chi connectivity index (χ4v) is 3.98. The van der Waals surface area contributed by atoms with Crippen molar-refractivity contribution in [2.24, 2.45) is 5.73 Å². The van der Waals surface area contributed by atoms with Crippen molar-refractivity contribution in [3.63, 3.8) is 0 Å². The molecule has 3 amide bonds. The van der Waals surface area contributed by atoms with Crippen LogP contribution >= 0.6 is 11.8 Å². The highest BCUT2D eigenvalue weighted by Crippen LogP contribution is 2.33. The molecule has 0 unspecified atom stereocenters. The first-order valence-electron chi connectivity index (χ1n) is 8.67. The van der Waals surface area contributed by atoms with Crippen molar-refractivity contribution in [1.29, 1.82) is 0 Å². The maximum atomic E-state index is 12.5. The van der Waals surface area contributed by atoms with E-state index in [0.29, 0.717) is 17.1 Å². The van der Waals surface area contributed by atoms with Gasteiger partial charge in [-0.25, -0.2) is 0 Å². The fraction of sp³-hybridized carbons (Fsp3) is 0.250. The maximum Gasteiger partial charge on any atom is 0.293 e. The van der Waals surface area contributed by atoms with E-state index in [-0.39, 0.29) is 17.7 Å². The summed E-state index contributed by atoms with van der Waals surface area (Å²) in [6.45, 7) is 4.44. The molecule has 8 heteroatoms. The predicted octanol–water partition coefficient (Wildman–Crippen LogP) is 2.88. The Morgan fingerprint density at radius 1 is 1.21 bits per heavy atom. The molecule has 1 aliphatic heterocycles. The van der Waals surface area contributed by atoms with E-state index in [0.717, 1.165) is 34.4 Å². The number of carbonyl (C=O) groups excluding carboxylic acids is 3. The molecule has 7 nitrogen and oxygen atoms in total. The molecule has 1 aliphatic rings. The average molecular weight is 399 g/mol. The van der Waals surface area contributed by atoms with Gasteiger partial charge < -0.3 is 15.0 Å². The van der Waals surface area contributed by atoms with Crippen LogP contribution in [-0.4, -0.2) is 46.8 Å². The Morgan fingerprint density at radius 3 is 2.50 bits per heavy atom. The van der Waals surface area contributed by atoms with E-state index in [1.165, 1.54) is 12.0 Å². The van der Waals surface area contributed by atoms with E-state index >= 15 is 0 Å². The minimum absolute atomic E-state index is 0.240. The fourth-order valence-electron chi connectivity index (χ4n) is 3.12. The van der Waals surface area contributed by atoms with Crippen LogP contribution in [0, 0.1) is 13.8 Å². The smallest absolute Gasteiger partial charge is 0.293 e. The number of methoxy groups -OCH3 is 1. The summed E-state index contributed by atoms with van der Waals surface area (Å²) in [5.74, 6) is -0.778. The number of rotatable bonds is 6. The topological polar surface area (TPSA) is 94.6 Å². The van der Waals surface area contributed by atoms with Gasteiger partial charge in [0.1, 0.15) is 0 Å². The number of nitrogens with two attached hydrogens (primary N) is 1. The molecule has 3 rings (SSSR count). The van der Waals surface area contributed by atoms with Crippen LogP contribution in [0.2, 0.25) is 0 Å². The molecular weight excluding hydrogens is 378 g/mol. The van der Waals surface area contributed by atoms with Gasteiger partial charge in [-0.3, -0.25) is 19.3 Å². The first kappa shape index (κ1) is 19.9. The molecule has 1 saturated heterocycles. The van der Waals surface area contributed by atoms with Crippen LogP contribution in [0.15, 0.2) is 35.2 Å². The molecule has 2 aromatic rings. The lowest BCUT2D eigenvalue weighted by Gasteiger charge is -2.11. The van der Waals surface area contributed by atoms with Gasteiger partial charge in [0.25, 0.3) is 11.1 Å². The van der Waals surface area contributed by atoms with Crippen LogP contribution < -0.4 is 5.73 Å². The second kappa shape index (κ2) is 8.04. The van der Waals surface area contributed by atoms with Crippen LogP contribution in [0.3, 0.4) is 0 Å². The van der Waals surface area contributed by atoms with Gasteiger partial charge in [0.2, 0.25) is 5.91 Å². The zero-order valence-electron chi connectivity index (χ0n) is 15.9. The summed E-state index contributed by atoms with van der Waals surface area (Å²) in [5.41, 5.74) is 9.37. The third-order valence-corrected chi connectivity index (χ3v) is 5.47. The van der Waals surface area contributed by atoms with E-state index in [1.54, 1.807) is 18.2 Å². The summed E-state index contributed by atoms with van der Waals surface area (Å²) in [5, 5.41) is -0.288. The number of carbonyl (C=O) groups is 3. The van der Waals surface area contributed by atoms with Crippen molar-refractivity contribution in [3.8, 4) is 5.69 Å². The average Bonchev–Trinajstić information content (AvgIpc) is 3.09. The Hall–Kier alpha value is -2.84.